The first-order valence-corrected chi connectivity index (χ1v) is 53.7. The van der Waals surface area contributed by atoms with E-state index in [2.05, 4.69) is 415 Å². The zero-order valence-corrected chi connectivity index (χ0v) is 91.2. The summed E-state index contributed by atoms with van der Waals surface area (Å²) in [5, 5.41) is 42.2. The molecule has 0 spiro atoms. The maximum Gasteiger partial charge on any atom is 0.488 e. The Bertz CT molecular complexity index is 7280. The minimum Gasteiger partial charge on any atom is -0.507 e. The summed E-state index contributed by atoms with van der Waals surface area (Å²) in [4.78, 5) is 19.9. The summed E-state index contributed by atoms with van der Waals surface area (Å²) in [5.41, 5.74) is 44.2. The predicted octanol–water partition coefficient (Wildman–Crippen LogP) is 36.6. The molecule has 16 aromatic carbocycles. The Morgan fingerprint density at radius 1 is 0.264 bits per heavy atom. The fourth-order valence-electron chi connectivity index (χ4n) is 17.4. The van der Waals surface area contributed by atoms with Crippen molar-refractivity contribution in [2.75, 3.05) is 5.73 Å². The molecule has 0 aliphatic carbocycles. The molecule has 0 aliphatic heterocycles. The summed E-state index contributed by atoms with van der Waals surface area (Å²) in [7, 11) is -1.40. The van der Waals surface area contributed by atoms with E-state index in [-0.39, 0.29) is 33.2 Å². The van der Waals surface area contributed by atoms with Crippen LogP contribution in [0.5, 0.6) is 11.5 Å². The largest absolute Gasteiger partial charge is 0.507 e. The van der Waals surface area contributed by atoms with Crippen LogP contribution >= 0.6 is 61.3 Å². The lowest BCUT2D eigenvalue weighted by molar-refractivity contribution is 0.425. The van der Waals surface area contributed by atoms with E-state index in [0.717, 1.165) is 101 Å². The van der Waals surface area contributed by atoms with Gasteiger partial charge in [-0.1, -0.05) is 393 Å². The van der Waals surface area contributed by atoms with Crippen LogP contribution in [0.2, 0.25) is 0 Å². The molecule has 0 radical (unpaired) electrons. The summed E-state index contributed by atoms with van der Waals surface area (Å²) in [5.74, 6) is 2.68. The zero-order chi connectivity index (χ0) is 103. The van der Waals surface area contributed by atoms with Crippen molar-refractivity contribution in [3.63, 3.8) is 0 Å². The number of para-hydroxylation sites is 3. The zero-order valence-electron chi connectivity index (χ0n) is 86.4. The lowest BCUT2D eigenvalue weighted by Gasteiger charge is -2.20. The Hall–Kier alpha value is -13.1. The highest BCUT2D eigenvalue weighted by molar-refractivity contribution is 9.10. The van der Waals surface area contributed by atoms with Crippen LogP contribution in [0.1, 0.15) is 212 Å². The van der Waals surface area contributed by atoms with Gasteiger partial charge in [0.05, 0.1) is 52.0 Å². The molecular formula is C129H129BBrN5O4S4. The van der Waals surface area contributed by atoms with Crippen molar-refractivity contribution in [2.24, 2.45) is 0 Å². The van der Waals surface area contributed by atoms with Gasteiger partial charge in [0.2, 0.25) is 0 Å². The molecule has 15 heteroatoms. The van der Waals surface area contributed by atoms with Crippen molar-refractivity contribution < 1.29 is 20.3 Å². The first kappa shape index (κ1) is 104. The molecule has 728 valence electrons. The average molecular weight is 2030 g/mol. The molecule has 0 bridgehead atoms. The second-order valence-corrected chi connectivity index (χ2v) is 47.7. The molecule has 0 fully saturated rings. The van der Waals surface area contributed by atoms with Gasteiger partial charge in [0, 0.05) is 38.0 Å². The number of aryl methyl sites for hydroxylation is 1. The number of aromatic nitrogens is 4. The number of hydrogen-bond donors (Lipinski definition) is 5. The second-order valence-electron chi connectivity index (χ2n) is 42.8. The van der Waals surface area contributed by atoms with E-state index in [1.54, 1.807) is 69.6 Å². The number of benzene rings is 16. The smallest absolute Gasteiger partial charge is 0.488 e. The second kappa shape index (κ2) is 43.9. The summed E-state index contributed by atoms with van der Waals surface area (Å²) in [6.45, 7) is 46.8. The van der Waals surface area contributed by atoms with Crippen molar-refractivity contribution in [1.29, 1.82) is 0 Å². The average Bonchev–Trinajstić information content (AvgIpc) is 1.61. The molecule has 9 nitrogen and oxygen atoms in total. The summed E-state index contributed by atoms with van der Waals surface area (Å²) in [6, 6.07) is 119. The standard InChI is InChI=1S/C33H33NS.C32H32N2S.C32H31NOS.C17H16BrNOS.C15H17BO2/c1-21(2)23-11-13-24(14-12-23)25-15-17-26(18-16-25)29-19-27(33(4,5)6)20-30-31(29)34-32(35-30)28-10-8-7-9-22(28)3;1-20(2)21-10-12-22(13-11-21)23-14-16-24(17-15-23)27-18-25(32(3,4)5)19-29-30(27)34-31(35-29)26-8-6-7-9-28(26)33;1-20(2)21-10-12-22(13-11-21)23-14-16-24(17-15-23)27-18-25(32(3,4)5)19-29-30(27)33-31(35-29)26-8-6-7-9-28(26)34;1-17(2,3)10-8-12(18)15-14(9-10)21-16(19-15)11-6-4-5-7-13(11)20;1-11(2)12-3-5-13(6-4-12)14-7-9-15(10-8-14)16(17)18/h7-21H,1-6H3;6-20H,33H2,1-5H3;6-20,34H,1-5H3;4-9,20H,1-3H3;3-11,17-18H,1-2H3. The maximum atomic E-state index is 10.4. The van der Waals surface area contributed by atoms with E-state index in [9.17, 15) is 10.2 Å². The van der Waals surface area contributed by atoms with Crippen molar-refractivity contribution in [1.82, 2.24) is 19.9 Å². The summed E-state index contributed by atoms with van der Waals surface area (Å²) >= 11 is 10.4. The third-order valence-electron chi connectivity index (χ3n) is 26.7. The van der Waals surface area contributed by atoms with Gasteiger partial charge in [-0.3, -0.25) is 0 Å². The number of rotatable bonds is 16. The molecule has 4 aromatic heterocycles. The van der Waals surface area contributed by atoms with Crippen LogP contribution in [0.3, 0.4) is 0 Å². The van der Waals surface area contributed by atoms with Gasteiger partial charge in [0.15, 0.2) is 0 Å². The molecule has 0 atom stereocenters. The molecular weight excluding hydrogens is 1900 g/mol. The van der Waals surface area contributed by atoms with E-state index in [0.29, 0.717) is 29.1 Å². The highest BCUT2D eigenvalue weighted by Crippen LogP contribution is 2.48. The number of hydrogen-bond acceptors (Lipinski definition) is 13. The molecule has 20 aromatic rings. The third kappa shape index (κ3) is 24.3. The molecule has 6 N–H and O–H groups in total. The quantitative estimate of drug-likeness (QED) is 0.0469. The Kier molecular flexibility index (Phi) is 31.6. The van der Waals surface area contributed by atoms with Crippen molar-refractivity contribution >= 4 is 120 Å². The molecule has 4 heterocycles. The lowest BCUT2D eigenvalue weighted by atomic mass is 9.80. The normalized spacial score (nSPS) is 11.8. The predicted molar refractivity (Wildman–Crippen MR) is 626 cm³/mol. The van der Waals surface area contributed by atoms with E-state index in [1.807, 2.05) is 66.7 Å². The topological polar surface area (TPSA) is 158 Å². The number of thiazole rings is 4. The Balaban J connectivity index is 0.000000132. The Morgan fingerprint density at radius 3 is 0.771 bits per heavy atom. The molecule has 144 heavy (non-hydrogen) atoms. The number of phenols is 2. The minimum absolute atomic E-state index is 0.0140. The van der Waals surface area contributed by atoms with Gasteiger partial charge in [-0.15, -0.1) is 45.3 Å². The molecule has 20 rings (SSSR count). The molecule has 0 aliphatic rings. The van der Waals surface area contributed by atoms with Crippen molar-refractivity contribution in [3.8, 4) is 132 Å². The number of aromatic hydroxyl groups is 2. The molecule has 0 saturated heterocycles. The van der Waals surface area contributed by atoms with Gasteiger partial charge in [0.25, 0.3) is 0 Å². The SMILES string of the molecule is CC(C)(C)c1cc(Br)c2nc(-c3ccccc3O)sc2c1.CC(C)c1ccc(-c2ccc(-c3cc(C(C)(C)C)cc4sc(-c5ccccc5N)nc34)cc2)cc1.CC(C)c1ccc(-c2ccc(-c3cc(C(C)(C)C)cc4sc(-c5ccccc5O)nc34)cc2)cc1.CC(C)c1ccc(-c2ccc(B(O)O)cc2)cc1.Cc1ccccc1-c1nc2c(-c3ccc(-c4ccc(C(C)C)cc4)cc3)cc(C(C)(C)C)cc2s1. The van der Waals surface area contributed by atoms with Gasteiger partial charge >= 0.3 is 7.12 Å². The Morgan fingerprint density at radius 2 is 0.493 bits per heavy atom. The van der Waals surface area contributed by atoms with E-state index in [4.69, 9.17) is 30.7 Å². The highest BCUT2D eigenvalue weighted by Gasteiger charge is 2.27. The summed E-state index contributed by atoms with van der Waals surface area (Å²) < 4.78 is 5.72. The first-order chi connectivity index (χ1) is 68.5. The van der Waals surface area contributed by atoms with Gasteiger partial charge in [-0.2, -0.15) is 0 Å². The number of phenolic OH excluding ortho intramolecular Hbond substituents is 2. The number of anilines is 1. The van der Waals surface area contributed by atoms with Crippen LogP contribution in [0.4, 0.5) is 5.69 Å². The fourth-order valence-corrected chi connectivity index (χ4v) is 22.4. The van der Waals surface area contributed by atoms with E-state index < -0.39 is 7.12 Å². The minimum atomic E-state index is -1.40. The van der Waals surface area contributed by atoms with Gasteiger partial charge in [-0.05, 0) is 270 Å². The van der Waals surface area contributed by atoms with E-state index in [1.165, 1.54) is 121 Å². The van der Waals surface area contributed by atoms with Crippen LogP contribution in [0.25, 0.3) is 161 Å². The number of nitrogen functional groups attached to an aromatic ring is 1. The number of fused-ring (bicyclic) bond motifs is 4. The molecule has 0 saturated carbocycles. The monoisotopic (exact) mass is 2030 g/mol. The van der Waals surface area contributed by atoms with Gasteiger partial charge in [-0.25, -0.2) is 19.9 Å². The van der Waals surface area contributed by atoms with Crippen LogP contribution < -0.4 is 11.2 Å². The van der Waals surface area contributed by atoms with Crippen LogP contribution in [0.15, 0.2) is 344 Å². The van der Waals surface area contributed by atoms with Crippen LogP contribution in [-0.2, 0) is 21.7 Å². The fraction of sp³-hybridized carbons (Fsp3) is 0.225. The van der Waals surface area contributed by atoms with E-state index >= 15 is 0 Å². The van der Waals surface area contributed by atoms with Gasteiger partial charge < -0.3 is 26.0 Å². The molecule has 0 amide bonds. The maximum absolute atomic E-state index is 10.4. The van der Waals surface area contributed by atoms with Gasteiger partial charge in [0.1, 0.15) is 31.5 Å². The van der Waals surface area contributed by atoms with Crippen molar-refractivity contribution in [3.05, 3.63) is 394 Å². The first-order valence-electron chi connectivity index (χ1n) is 49.7. The number of halogens is 1. The van der Waals surface area contributed by atoms with Crippen LogP contribution in [-0.4, -0.2) is 47.3 Å². The number of nitrogens with zero attached hydrogens (tertiary/aromatic N) is 4. The molecule has 0 unspecified atom stereocenters. The highest BCUT2D eigenvalue weighted by atomic mass is 79.9. The van der Waals surface area contributed by atoms with Crippen LogP contribution in [0, 0.1) is 6.92 Å². The Labute approximate surface area is 875 Å². The lowest BCUT2D eigenvalue weighted by Crippen LogP contribution is -2.29. The summed E-state index contributed by atoms with van der Waals surface area (Å²) in [6.07, 6.45) is 0. The third-order valence-corrected chi connectivity index (χ3v) is 31.4. The number of nitrogens with two attached hydrogens (primary N) is 1. The van der Waals surface area contributed by atoms with Crippen molar-refractivity contribution in [2.45, 2.75) is 191 Å².